The number of allylic oxidation sites excluding steroid dienone is 2. The summed E-state index contributed by atoms with van der Waals surface area (Å²) in [7, 11) is 0. The summed E-state index contributed by atoms with van der Waals surface area (Å²) < 4.78 is 26.7. The summed E-state index contributed by atoms with van der Waals surface area (Å²) in [5.41, 5.74) is 2.14. The fourth-order valence-corrected chi connectivity index (χ4v) is 2.90. The summed E-state index contributed by atoms with van der Waals surface area (Å²) in [4.78, 5) is 7.30. The van der Waals surface area contributed by atoms with E-state index in [0.29, 0.717) is 5.56 Å². The van der Waals surface area contributed by atoms with Crippen LogP contribution in [0.5, 0.6) is 0 Å². The van der Waals surface area contributed by atoms with Crippen LogP contribution in [0.3, 0.4) is 0 Å². The molecule has 5 nitrogen and oxygen atoms in total. The number of halogens is 2. The van der Waals surface area contributed by atoms with Gasteiger partial charge in [-0.05, 0) is 37.4 Å². The molecule has 1 aromatic heterocycles. The number of hydrogen-bond acceptors (Lipinski definition) is 3. The first-order valence-electron chi connectivity index (χ1n) is 7.17. The third-order valence-corrected chi connectivity index (χ3v) is 4.06. The van der Waals surface area contributed by atoms with E-state index in [4.69, 9.17) is 12.0 Å². The van der Waals surface area contributed by atoms with E-state index in [1.807, 2.05) is 13.0 Å². The lowest BCUT2D eigenvalue weighted by Crippen LogP contribution is -2.24. The van der Waals surface area contributed by atoms with Gasteiger partial charge in [0.25, 0.3) is 6.43 Å². The first kappa shape index (κ1) is 15.8. The lowest BCUT2D eigenvalue weighted by atomic mass is 9.83. The number of aryl methyl sites for hydroxylation is 1. The normalized spacial score (nSPS) is 17.9. The SMILES string of the molecule is [C-]#[N+]C1=C(C)N=C(C(F)F)C(=C=N)C1c1ccc2n[nH]c(C)c2c1. The summed E-state index contributed by atoms with van der Waals surface area (Å²) in [5, 5.41) is 15.3. The van der Waals surface area contributed by atoms with Gasteiger partial charge in [-0.25, -0.2) is 13.6 Å². The Hall–Kier alpha value is -3.10. The Bertz CT molecular complexity index is 984. The van der Waals surface area contributed by atoms with Gasteiger partial charge >= 0.3 is 0 Å². The highest BCUT2D eigenvalue weighted by Gasteiger charge is 2.35. The van der Waals surface area contributed by atoms with Crippen LogP contribution in [0.15, 0.2) is 40.2 Å². The second-order valence-corrected chi connectivity index (χ2v) is 5.48. The lowest BCUT2D eigenvalue weighted by Gasteiger charge is -2.24. The van der Waals surface area contributed by atoms with Crippen LogP contribution in [-0.4, -0.2) is 28.2 Å². The number of benzene rings is 1. The predicted octanol–water partition coefficient (Wildman–Crippen LogP) is 4.00. The van der Waals surface area contributed by atoms with Crippen molar-refractivity contribution in [3.05, 3.63) is 57.8 Å². The summed E-state index contributed by atoms with van der Waals surface area (Å²) in [6.07, 6.45) is -2.83. The molecular formula is C17H13F2N5. The van der Waals surface area contributed by atoms with Crippen molar-refractivity contribution in [3.63, 3.8) is 0 Å². The molecule has 1 atom stereocenters. The second-order valence-electron chi connectivity index (χ2n) is 5.48. The Balaban J connectivity index is 2.26. The first-order chi connectivity index (χ1) is 11.5. The maximum Gasteiger partial charge on any atom is 0.281 e. The molecule has 3 rings (SSSR count). The Morgan fingerprint density at radius 1 is 1.38 bits per heavy atom. The number of aromatic amines is 1. The Labute approximate surface area is 136 Å². The third kappa shape index (κ3) is 2.34. The van der Waals surface area contributed by atoms with E-state index in [1.54, 1.807) is 12.1 Å². The van der Waals surface area contributed by atoms with Crippen molar-refractivity contribution in [3.8, 4) is 0 Å². The number of hydrogen-bond donors (Lipinski definition) is 2. The highest BCUT2D eigenvalue weighted by atomic mass is 19.3. The topological polar surface area (TPSA) is 69.2 Å². The number of alkyl halides is 2. The zero-order valence-electron chi connectivity index (χ0n) is 13.0. The number of fused-ring (bicyclic) bond motifs is 1. The average Bonchev–Trinajstić information content (AvgIpc) is 2.94. The highest BCUT2D eigenvalue weighted by Crippen LogP contribution is 2.40. The van der Waals surface area contributed by atoms with Gasteiger partial charge in [0.05, 0.1) is 18.0 Å². The van der Waals surface area contributed by atoms with Gasteiger partial charge in [-0.1, -0.05) is 6.07 Å². The monoisotopic (exact) mass is 325 g/mol. The molecule has 0 spiro atoms. The summed E-state index contributed by atoms with van der Waals surface area (Å²) in [5.74, 6) is 1.30. The Kier molecular flexibility index (Phi) is 3.84. The molecule has 0 fully saturated rings. The van der Waals surface area contributed by atoms with Crippen molar-refractivity contribution < 1.29 is 8.78 Å². The molecule has 2 N–H and O–H groups in total. The molecule has 2 heterocycles. The van der Waals surface area contributed by atoms with E-state index in [2.05, 4.69) is 25.9 Å². The average molecular weight is 325 g/mol. The van der Waals surface area contributed by atoms with Gasteiger partial charge in [0.15, 0.2) is 5.70 Å². The van der Waals surface area contributed by atoms with Gasteiger partial charge in [0.1, 0.15) is 5.71 Å². The van der Waals surface area contributed by atoms with Crippen LogP contribution in [-0.2, 0) is 0 Å². The Morgan fingerprint density at radius 3 is 2.75 bits per heavy atom. The van der Waals surface area contributed by atoms with Crippen molar-refractivity contribution in [2.45, 2.75) is 26.2 Å². The summed E-state index contributed by atoms with van der Waals surface area (Å²) >= 11 is 0. The van der Waals surface area contributed by atoms with Gasteiger partial charge in [-0.15, -0.1) is 0 Å². The molecule has 0 saturated carbocycles. The van der Waals surface area contributed by atoms with Crippen LogP contribution >= 0.6 is 0 Å². The summed E-state index contributed by atoms with van der Waals surface area (Å²) in [6, 6.07) is 5.31. The molecular weight excluding hydrogens is 312 g/mol. The molecule has 1 aliphatic heterocycles. The number of H-pyrrole nitrogens is 1. The minimum absolute atomic E-state index is 0.0675. The lowest BCUT2D eigenvalue weighted by molar-refractivity contribution is 0.225. The minimum Gasteiger partial charge on any atom is -0.282 e. The number of aromatic nitrogens is 2. The standard InChI is InChI=1S/C17H13F2N5/c1-8-11-6-10(4-5-13(11)24-23-8)14-12(7-20)16(17(18)19)22-9(2)15(14)21-3/h4-6,14,17,20H,1-2H3,(H,23,24). The molecule has 0 radical (unpaired) electrons. The smallest absolute Gasteiger partial charge is 0.281 e. The number of rotatable bonds is 2. The summed E-state index contributed by atoms with van der Waals surface area (Å²) in [6.45, 7) is 10.8. The van der Waals surface area contributed by atoms with Gasteiger partial charge in [-0.2, -0.15) is 5.10 Å². The molecule has 1 aromatic carbocycles. The van der Waals surface area contributed by atoms with Crippen molar-refractivity contribution >= 4 is 22.5 Å². The van der Waals surface area contributed by atoms with E-state index in [9.17, 15) is 8.78 Å². The zero-order valence-corrected chi connectivity index (χ0v) is 13.0. The van der Waals surface area contributed by atoms with E-state index < -0.39 is 18.1 Å². The number of nitrogens with zero attached hydrogens (tertiary/aromatic N) is 3. The minimum atomic E-state index is -2.83. The van der Waals surface area contributed by atoms with Crippen LogP contribution in [0, 0.1) is 18.9 Å². The largest absolute Gasteiger partial charge is 0.282 e. The van der Waals surface area contributed by atoms with Gasteiger partial charge in [0, 0.05) is 22.4 Å². The first-order valence-corrected chi connectivity index (χ1v) is 7.17. The van der Waals surface area contributed by atoms with Crippen molar-refractivity contribution in [2.24, 2.45) is 4.99 Å². The van der Waals surface area contributed by atoms with Gasteiger partial charge < -0.3 is 0 Å². The quantitative estimate of drug-likeness (QED) is 0.636. The molecule has 0 aliphatic carbocycles. The van der Waals surface area contributed by atoms with Crippen LogP contribution in [0.2, 0.25) is 0 Å². The van der Waals surface area contributed by atoms with E-state index in [1.165, 1.54) is 6.92 Å². The molecule has 0 saturated heterocycles. The number of nitrogens with one attached hydrogen (secondary N) is 2. The van der Waals surface area contributed by atoms with E-state index in [0.717, 1.165) is 16.6 Å². The molecule has 24 heavy (non-hydrogen) atoms. The van der Waals surface area contributed by atoms with E-state index >= 15 is 0 Å². The van der Waals surface area contributed by atoms with Crippen molar-refractivity contribution in [1.82, 2.24) is 10.2 Å². The molecule has 120 valence electrons. The van der Waals surface area contributed by atoms with Crippen LogP contribution in [0.25, 0.3) is 15.7 Å². The molecule has 1 unspecified atom stereocenters. The van der Waals surface area contributed by atoms with Crippen LogP contribution < -0.4 is 0 Å². The second kappa shape index (κ2) is 5.84. The maximum absolute atomic E-state index is 13.3. The Morgan fingerprint density at radius 2 is 2.12 bits per heavy atom. The molecule has 0 bridgehead atoms. The maximum atomic E-state index is 13.3. The van der Waals surface area contributed by atoms with Crippen LogP contribution in [0.1, 0.15) is 24.1 Å². The molecule has 0 amide bonds. The zero-order chi connectivity index (χ0) is 17.4. The molecule has 2 aromatic rings. The van der Waals surface area contributed by atoms with Gasteiger partial charge in [0.2, 0.25) is 0 Å². The van der Waals surface area contributed by atoms with Crippen molar-refractivity contribution in [2.75, 3.05) is 0 Å². The van der Waals surface area contributed by atoms with Crippen LogP contribution in [0.4, 0.5) is 8.78 Å². The van der Waals surface area contributed by atoms with Gasteiger partial charge in [-0.3, -0.25) is 15.5 Å². The fraction of sp³-hybridized carbons (Fsp3) is 0.235. The van der Waals surface area contributed by atoms with Crippen molar-refractivity contribution in [1.29, 1.82) is 5.41 Å². The molecule has 7 heteroatoms. The third-order valence-electron chi connectivity index (χ3n) is 4.06. The highest BCUT2D eigenvalue weighted by molar-refractivity contribution is 6.11. The molecule has 1 aliphatic rings. The number of aliphatic imine (C=N–C) groups is 1. The predicted molar refractivity (Wildman–Crippen MR) is 87.6 cm³/mol. The van der Waals surface area contributed by atoms with E-state index in [-0.39, 0.29) is 17.0 Å². The fourth-order valence-electron chi connectivity index (χ4n) is 2.90.